The van der Waals surface area contributed by atoms with Crippen molar-refractivity contribution in [2.24, 2.45) is 5.92 Å². The lowest BCUT2D eigenvalue weighted by Crippen LogP contribution is -2.41. The van der Waals surface area contributed by atoms with Crippen molar-refractivity contribution in [3.05, 3.63) is 0 Å². The van der Waals surface area contributed by atoms with E-state index in [2.05, 4.69) is 10.8 Å². The highest BCUT2D eigenvalue weighted by Gasteiger charge is 2.27. The van der Waals surface area contributed by atoms with E-state index < -0.39 is 16.1 Å². The van der Waals surface area contributed by atoms with E-state index in [1.807, 2.05) is 6.92 Å². The van der Waals surface area contributed by atoms with Gasteiger partial charge in [-0.05, 0) is 25.7 Å². The predicted molar refractivity (Wildman–Crippen MR) is 69.4 cm³/mol. The molecular formula is C12H22N2O3S. The molecule has 1 N–H and O–H groups in total. The van der Waals surface area contributed by atoms with Gasteiger partial charge in [0.15, 0.2) is 0 Å². The minimum absolute atomic E-state index is 0.0776. The van der Waals surface area contributed by atoms with Crippen LogP contribution in [-0.2, 0) is 14.8 Å². The van der Waals surface area contributed by atoms with E-state index in [1.165, 1.54) is 6.42 Å². The predicted octanol–water partition coefficient (Wildman–Crippen LogP) is 1.41. The third kappa shape index (κ3) is 5.34. The second-order valence-electron chi connectivity index (χ2n) is 4.64. The Morgan fingerprint density at radius 1 is 1.39 bits per heavy atom. The molecule has 0 spiro atoms. The molecule has 1 unspecified atom stereocenters. The van der Waals surface area contributed by atoms with Crippen LogP contribution in [0.4, 0.5) is 0 Å². The van der Waals surface area contributed by atoms with Gasteiger partial charge in [-0.3, -0.25) is 0 Å². The lowest BCUT2D eigenvalue weighted by molar-refractivity contribution is 0.163. The van der Waals surface area contributed by atoms with Crippen molar-refractivity contribution >= 4 is 10.0 Å². The molecule has 1 fully saturated rings. The number of hydrogen-bond donors (Lipinski definition) is 1. The van der Waals surface area contributed by atoms with Crippen molar-refractivity contribution in [3.63, 3.8) is 0 Å². The fourth-order valence-electron chi connectivity index (χ4n) is 2.26. The van der Waals surface area contributed by atoms with Crippen molar-refractivity contribution < 1.29 is 13.2 Å². The number of hydrogen-bond acceptors (Lipinski definition) is 4. The first kappa shape index (κ1) is 15.4. The summed E-state index contributed by atoms with van der Waals surface area (Å²) in [5.41, 5.74) is 0. The Kier molecular flexibility index (Phi) is 6.61. The zero-order valence-corrected chi connectivity index (χ0v) is 11.7. The Balaban J connectivity index is 2.48. The maximum absolute atomic E-state index is 11.8. The smallest absolute Gasteiger partial charge is 0.215 e. The monoisotopic (exact) mass is 274 g/mol. The molecule has 0 aliphatic heterocycles. The molecule has 1 saturated carbocycles. The summed E-state index contributed by atoms with van der Waals surface area (Å²) in [6.45, 7) is 2.49. The van der Waals surface area contributed by atoms with Crippen LogP contribution in [0, 0.1) is 17.2 Å². The maximum atomic E-state index is 11.8. The SMILES string of the molecule is CCOCCS(=O)(=O)NC(C#N)C1CCCCC1. The molecule has 1 aliphatic rings. The number of nitriles is 1. The lowest BCUT2D eigenvalue weighted by atomic mass is 9.85. The Labute approximate surface area is 110 Å². The summed E-state index contributed by atoms with van der Waals surface area (Å²) < 4.78 is 31.1. The number of nitrogens with one attached hydrogen (secondary N) is 1. The molecule has 0 radical (unpaired) electrons. The molecule has 1 aliphatic carbocycles. The molecule has 0 heterocycles. The van der Waals surface area contributed by atoms with Crippen LogP contribution in [0.2, 0.25) is 0 Å². The van der Waals surface area contributed by atoms with E-state index in [0.29, 0.717) is 6.61 Å². The van der Waals surface area contributed by atoms with Gasteiger partial charge in [-0.15, -0.1) is 0 Å². The van der Waals surface area contributed by atoms with Gasteiger partial charge >= 0.3 is 0 Å². The van der Waals surface area contributed by atoms with Gasteiger partial charge in [0.2, 0.25) is 10.0 Å². The molecule has 0 aromatic rings. The average molecular weight is 274 g/mol. The number of nitrogens with zero attached hydrogens (tertiary/aromatic N) is 1. The molecule has 1 atom stereocenters. The minimum Gasteiger partial charge on any atom is -0.381 e. The fraction of sp³-hybridized carbons (Fsp3) is 0.917. The lowest BCUT2D eigenvalue weighted by Gasteiger charge is -2.26. The first-order chi connectivity index (χ1) is 8.59. The molecule has 0 aromatic heterocycles. The maximum Gasteiger partial charge on any atom is 0.215 e. The van der Waals surface area contributed by atoms with Crippen LogP contribution in [0.15, 0.2) is 0 Å². The van der Waals surface area contributed by atoms with Crippen LogP contribution in [0.1, 0.15) is 39.0 Å². The van der Waals surface area contributed by atoms with Crippen LogP contribution >= 0.6 is 0 Å². The van der Waals surface area contributed by atoms with Crippen molar-refractivity contribution in [1.82, 2.24) is 4.72 Å². The highest BCUT2D eigenvalue weighted by atomic mass is 32.2. The van der Waals surface area contributed by atoms with Crippen LogP contribution < -0.4 is 4.72 Å². The van der Waals surface area contributed by atoms with Gasteiger partial charge in [0.25, 0.3) is 0 Å². The average Bonchev–Trinajstić information content (AvgIpc) is 2.37. The van der Waals surface area contributed by atoms with Gasteiger partial charge in [-0.25, -0.2) is 8.42 Å². The van der Waals surface area contributed by atoms with Crippen molar-refractivity contribution in [2.45, 2.75) is 45.1 Å². The van der Waals surface area contributed by atoms with Crippen molar-refractivity contribution in [3.8, 4) is 6.07 Å². The van der Waals surface area contributed by atoms with E-state index in [9.17, 15) is 8.42 Å². The van der Waals surface area contributed by atoms with Crippen LogP contribution in [0.3, 0.4) is 0 Å². The van der Waals surface area contributed by atoms with Crippen LogP contribution in [-0.4, -0.2) is 33.4 Å². The Hall–Kier alpha value is -0.640. The van der Waals surface area contributed by atoms with Gasteiger partial charge in [-0.1, -0.05) is 19.3 Å². The van der Waals surface area contributed by atoms with Crippen molar-refractivity contribution in [2.75, 3.05) is 19.0 Å². The fourth-order valence-corrected chi connectivity index (χ4v) is 3.35. The van der Waals surface area contributed by atoms with E-state index >= 15 is 0 Å². The molecule has 0 amide bonds. The summed E-state index contributed by atoms with van der Waals surface area (Å²) in [5.74, 6) is 0.0803. The van der Waals surface area contributed by atoms with Gasteiger partial charge in [-0.2, -0.15) is 9.98 Å². The molecule has 0 bridgehead atoms. The van der Waals surface area contributed by atoms with E-state index in [1.54, 1.807) is 0 Å². The van der Waals surface area contributed by atoms with E-state index in [4.69, 9.17) is 10.00 Å². The van der Waals surface area contributed by atoms with Gasteiger partial charge < -0.3 is 4.74 Å². The second kappa shape index (κ2) is 7.72. The van der Waals surface area contributed by atoms with Gasteiger partial charge in [0.05, 0.1) is 18.4 Å². The highest BCUT2D eigenvalue weighted by Crippen LogP contribution is 2.26. The Morgan fingerprint density at radius 2 is 2.06 bits per heavy atom. The molecule has 5 nitrogen and oxygen atoms in total. The highest BCUT2D eigenvalue weighted by molar-refractivity contribution is 7.89. The first-order valence-corrected chi connectivity index (χ1v) is 8.21. The van der Waals surface area contributed by atoms with E-state index in [0.717, 1.165) is 25.7 Å². The summed E-state index contributed by atoms with van der Waals surface area (Å²) in [6.07, 6.45) is 5.23. The molecule has 6 heteroatoms. The third-order valence-corrected chi connectivity index (χ3v) is 4.58. The quantitative estimate of drug-likeness (QED) is 0.712. The van der Waals surface area contributed by atoms with Gasteiger partial charge in [0, 0.05) is 6.61 Å². The van der Waals surface area contributed by atoms with Gasteiger partial charge in [0.1, 0.15) is 6.04 Å². The number of rotatable bonds is 7. The molecule has 0 saturated heterocycles. The molecular weight excluding hydrogens is 252 g/mol. The molecule has 1 rings (SSSR count). The summed E-state index contributed by atoms with van der Waals surface area (Å²) in [7, 11) is -3.41. The summed E-state index contributed by atoms with van der Waals surface area (Å²) in [6, 6.07) is 1.50. The Morgan fingerprint density at radius 3 is 2.61 bits per heavy atom. The zero-order valence-electron chi connectivity index (χ0n) is 10.9. The molecule has 18 heavy (non-hydrogen) atoms. The second-order valence-corrected chi connectivity index (χ2v) is 6.51. The first-order valence-electron chi connectivity index (χ1n) is 6.56. The Bertz CT molecular complexity index is 369. The topological polar surface area (TPSA) is 79.2 Å². The van der Waals surface area contributed by atoms with Crippen molar-refractivity contribution in [1.29, 1.82) is 5.26 Å². The standard InChI is InChI=1S/C12H22N2O3S/c1-2-17-8-9-18(15,16)14-12(10-13)11-6-4-3-5-7-11/h11-12,14H,2-9H2,1H3. The summed E-state index contributed by atoms with van der Waals surface area (Å²) >= 11 is 0. The summed E-state index contributed by atoms with van der Waals surface area (Å²) in [4.78, 5) is 0. The molecule has 104 valence electrons. The third-order valence-electron chi connectivity index (χ3n) is 3.27. The normalized spacial score (nSPS) is 19.3. The van der Waals surface area contributed by atoms with Crippen LogP contribution in [0.25, 0.3) is 0 Å². The number of ether oxygens (including phenoxy) is 1. The number of sulfonamides is 1. The largest absolute Gasteiger partial charge is 0.381 e. The zero-order chi connectivity index (χ0) is 13.4. The van der Waals surface area contributed by atoms with Crippen LogP contribution in [0.5, 0.6) is 0 Å². The van der Waals surface area contributed by atoms with E-state index in [-0.39, 0.29) is 18.3 Å². The molecule has 0 aromatic carbocycles. The minimum atomic E-state index is -3.41. The summed E-state index contributed by atoms with van der Waals surface area (Å²) in [5, 5.41) is 9.11.